The van der Waals surface area contributed by atoms with E-state index in [1.165, 1.54) is 11.3 Å². The van der Waals surface area contributed by atoms with Gasteiger partial charge in [0, 0.05) is 45.1 Å². The van der Waals surface area contributed by atoms with Crippen molar-refractivity contribution in [2.24, 2.45) is 11.7 Å². The van der Waals surface area contributed by atoms with Crippen molar-refractivity contribution in [3.8, 4) is 0 Å². The number of nitrogens with two attached hydrogens (primary N) is 1. The number of carbonyl (C=O) groups excluding carboxylic acids is 2. The lowest BCUT2D eigenvalue weighted by atomic mass is 9.97. The highest BCUT2D eigenvalue weighted by molar-refractivity contribution is 7.17. The predicted molar refractivity (Wildman–Crippen MR) is 139 cm³/mol. The molecule has 0 bridgehead atoms. The molecule has 36 heavy (non-hydrogen) atoms. The molecule has 3 aromatic heterocycles. The summed E-state index contributed by atoms with van der Waals surface area (Å²) in [5.41, 5.74) is 7.21. The number of thiazole rings is 1. The molecular weight excluding hydrogens is 480 g/mol. The fourth-order valence-corrected chi connectivity index (χ4v) is 4.88. The van der Waals surface area contributed by atoms with Crippen LogP contribution in [0.2, 0.25) is 0 Å². The van der Waals surface area contributed by atoms with E-state index in [9.17, 15) is 9.59 Å². The number of nitrogens with zero attached hydrogens (tertiary/aromatic N) is 6. The van der Waals surface area contributed by atoms with E-state index in [1.807, 2.05) is 36.3 Å². The van der Waals surface area contributed by atoms with Gasteiger partial charge in [-0.25, -0.2) is 9.78 Å². The first-order valence-corrected chi connectivity index (χ1v) is 12.6. The van der Waals surface area contributed by atoms with Crippen molar-refractivity contribution in [3.05, 3.63) is 46.7 Å². The Balaban J connectivity index is 1.64. The van der Waals surface area contributed by atoms with Crippen molar-refractivity contribution in [3.63, 3.8) is 0 Å². The van der Waals surface area contributed by atoms with Gasteiger partial charge in [-0.15, -0.1) is 0 Å². The summed E-state index contributed by atoms with van der Waals surface area (Å²) >= 11 is 1.19. The van der Waals surface area contributed by atoms with Gasteiger partial charge in [0.15, 0.2) is 5.13 Å². The van der Waals surface area contributed by atoms with E-state index in [-0.39, 0.29) is 11.8 Å². The maximum absolute atomic E-state index is 12.2. The minimum absolute atomic E-state index is 0.226. The summed E-state index contributed by atoms with van der Waals surface area (Å²) < 4.78 is 5.12. The zero-order chi connectivity index (χ0) is 25.7. The minimum Gasteiger partial charge on any atom is -0.462 e. The fraction of sp³-hybridized carbons (Fsp3) is 0.417. The number of hydrogen-bond donors (Lipinski definition) is 2. The number of aryl methyl sites for hydroxylation is 1. The van der Waals surface area contributed by atoms with Crippen LogP contribution in [0.3, 0.4) is 0 Å². The van der Waals surface area contributed by atoms with Gasteiger partial charge in [-0.05, 0) is 38.3 Å². The molecule has 1 amide bonds. The van der Waals surface area contributed by atoms with Crippen molar-refractivity contribution in [2.45, 2.75) is 33.2 Å². The zero-order valence-electron chi connectivity index (χ0n) is 20.6. The molecule has 0 aliphatic carbocycles. The van der Waals surface area contributed by atoms with E-state index in [2.05, 4.69) is 20.2 Å². The van der Waals surface area contributed by atoms with Gasteiger partial charge in [0.25, 0.3) is 0 Å². The second-order valence-electron chi connectivity index (χ2n) is 8.59. The molecule has 1 aliphatic rings. The largest absolute Gasteiger partial charge is 0.462 e. The molecule has 0 spiro atoms. The summed E-state index contributed by atoms with van der Waals surface area (Å²) in [5.74, 6) is 0.780. The molecule has 0 saturated carbocycles. The van der Waals surface area contributed by atoms with E-state index in [1.54, 1.807) is 20.0 Å². The summed E-state index contributed by atoms with van der Waals surface area (Å²) in [6.07, 6.45) is 5.16. The van der Waals surface area contributed by atoms with E-state index in [0.29, 0.717) is 53.0 Å². The monoisotopic (exact) mass is 510 g/mol. The van der Waals surface area contributed by atoms with Gasteiger partial charge >= 0.3 is 5.97 Å². The average molecular weight is 511 g/mol. The first kappa shape index (κ1) is 25.3. The highest BCUT2D eigenvalue weighted by Crippen LogP contribution is 2.29. The lowest BCUT2D eigenvalue weighted by molar-refractivity contribution is -0.122. The number of amides is 1. The molecule has 0 radical (unpaired) electrons. The topological polar surface area (TPSA) is 139 Å². The maximum atomic E-state index is 12.2. The predicted octanol–water partition coefficient (Wildman–Crippen LogP) is 2.89. The summed E-state index contributed by atoms with van der Waals surface area (Å²) in [7, 11) is 1.94. The number of aromatic nitrogens is 4. The molecule has 1 unspecified atom stereocenters. The van der Waals surface area contributed by atoms with Gasteiger partial charge in [0.1, 0.15) is 16.5 Å². The summed E-state index contributed by atoms with van der Waals surface area (Å²) in [4.78, 5) is 46.6. The molecule has 1 atom stereocenters. The van der Waals surface area contributed by atoms with Crippen LogP contribution < -0.4 is 20.9 Å². The summed E-state index contributed by atoms with van der Waals surface area (Å²) in [5, 5.41) is 3.64. The Hall–Kier alpha value is -3.80. The molecule has 1 aliphatic heterocycles. The summed E-state index contributed by atoms with van der Waals surface area (Å²) in [6, 6.07) is 5.80. The molecule has 11 nitrogen and oxygen atoms in total. The Labute approximate surface area is 213 Å². The smallest absolute Gasteiger partial charge is 0.350 e. The zero-order valence-corrected chi connectivity index (χ0v) is 21.4. The molecule has 0 aromatic carbocycles. The van der Waals surface area contributed by atoms with Gasteiger partial charge in [0.05, 0.1) is 18.2 Å². The molecule has 12 heteroatoms. The Morgan fingerprint density at radius 1 is 1.33 bits per heavy atom. The van der Waals surface area contributed by atoms with Crippen LogP contribution in [-0.4, -0.2) is 58.6 Å². The maximum Gasteiger partial charge on any atom is 0.350 e. The molecule has 4 rings (SSSR count). The third-order valence-electron chi connectivity index (χ3n) is 5.86. The molecular formula is C24H30N8O3S. The number of hydrogen-bond acceptors (Lipinski definition) is 11. The van der Waals surface area contributed by atoms with Gasteiger partial charge in [-0.2, -0.15) is 9.97 Å². The van der Waals surface area contributed by atoms with Crippen LogP contribution in [0.5, 0.6) is 0 Å². The molecule has 3 aromatic rings. The van der Waals surface area contributed by atoms with Crippen LogP contribution >= 0.6 is 11.3 Å². The number of piperidine rings is 1. The standard InChI is InChI=1S/C24H30N8O3S/c1-4-35-22(34)20-15(2)27-24(36-20)30-23-28-18(31(3)13-16-7-5-9-26-12-16)11-19(29-23)32-10-6-8-17(14-32)21(25)33/h5,7,9,11-12,17H,4,6,8,10,13-14H2,1-3H3,(H2,25,33)(H,27,28,29,30). The second-order valence-corrected chi connectivity index (χ2v) is 9.59. The van der Waals surface area contributed by atoms with Crippen molar-refractivity contribution in [2.75, 3.05) is 41.9 Å². The number of anilines is 4. The van der Waals surface area contributed by atoms with Gasteiger partial charge < -0.3 is 20.3 Å². The number of ether oxygens (including phenoxy) is 1. The van der Waals surface area contributed by atoms with Crippen LogP contribution in [0.25, 0.3) is 0 Å². The van der Waals surface area contributed by atoms with Crippen LogP contribution in [0.1, 0.15) is 40.7 Å². The molecule has 1 saturated heterocycles. The number of nitrogens with one attached hydrogen (secondary N) is 1. The van der Waals surface area contributed by atoms with Gasteiger partial charge in [-0.3, -0.25) is 15.1 Å². The number of rotatable bonds is 9. The number of esters is 1. The first-order chi connectivity index (χ1) is 17.3. The minimum atomic E-state index is -0.405. The molecule has 3 N–H and O–H groups in total. The first-order valence-electron chi connectivity index (χ1n) is 11.8. The third kappa shape index (κ3) is 6.06. The van der Waals surface area contributed by atoms with Crippen LogP contribution in [-0.2, 0) is 16.1 Å². The van der Waals surface area contributed by atoms with Crippen LogP contribution in [0.4, 0.5) is 22.7 Å². The normalized spacial score (nSPS) is 15.4. The van der Waals surface area contributed by atoms with Crippen LogP contribution in [0.15, 0.2) is 30.6 Å². The van der Waals surface area contributed by atoms with E-state index < -0.39 is 5.97 Å². The number of carbonyl (C=O) groups is 2. The quantitative estimate of drug-likeness (QED) is 0.413. The molecule has 1 fully saturated rings. The lowest BCUT2D eigenvalue weighted by Crippen LogP contribution is -2.41. The Morgan fingerprint density at radius 3 is 2.89 bits per heavy atom. The Kier molecular flexibility index (Phi) is 7.93. The Morgan fingerprint density at radius 2 is 2.17 bits per heavy atom. The van der Waals surface area contributed by atoms with E-state index in [4.69, 9.17) is 20.4 Å². The van der Waals surface area contributed by atoms with Crippen molar-refractivity contribution in [1.82, 2.24) is 19.9 Å². The summed E-state index contributed by atoms with van der Waals surface area (Å²) in [6.45, 7) is 5.67. The SMILES string of the molecule is CCOC(=O)c1sc(Nc2nc(N(C)Cc3cccnc3)cc(N3CCCC(C(N)=O)C3)n2)nc1C. The lowest BCUT2D eigenvalue weighted by Gasteiger charge is -2.32. The fourth-order valence-electron chi connectivity index (χ4n) is 4.03. The van der Waals surface area contributed by atoms with Crippen molar-refractivity contribution >= 4 is 45.9 Å². The van der Waals surface area contributed by atoms with Crippen molar-refractivity contribution < 1.29 is 14.3 Å². The second kappa shape index (κ2) is 11.3. The van der Waals surface area contributed by atoms with Crippen molar-refractivity contribution in [1.29, 1.82) is 0 Å². The van der Waals surface area contributed by atoms with Gasteiger partial charge in [-0.1, -0.05) is 17.4 Å². The number of primary amides is 1. The third-order valence-corrected chi connectivity index (χ3v) is 6.91. The van der Waals surface area contributed by atoms with Crippen LogP contribution in [0, 0.1) is 12.8 Å². The highest BCUT2D eigenvalue weighted by Gasteiger charge is 2.26. The molecule has 190 valence electrons. The Bertz CT molecular complexity index is 1220. The highest BCUT2D eigenvalue weighted by atomic mass is 32.1. The van der Waals surface area contributed by atoms with Gasteiger partial charge in [0.2, 0.25) is 11.9 Å². The number of pyridine rings is 1. The average Bonchev–Trinajstić information content (AvgIpc) is 3.24. The van der Waals surface area contributed by atoms with E-state index in [0.717, 1.165) is 24.9 Å². The molecule has 4 heterocycles. The van der Waals surface area contributed by atoms with E-state index >= 15 is 0 Å².